The number of rotatable bonds is 32. The predicted octanol–water partition coefficient (Wildman–Crippen LogP) is 9.46. The molecule has 2 unspecified atom stereocenters. The largest absolute Gasteiger partial charge is 0.472 e. The van der Waals surface area contributed by atoms with E-state index >= 15 is 0 Å². The lowest BCUT2D eigenvalue weighted by atomic mass is 10.1. The van der Waals surface area contributed by atoms with Crippen molar-refractivity contribution in [3.05, 3.63) is 60.8 Å². The molecule has 8 nitrogen and oxygen atoms in total. The molecule has 9 heteroatoms. The molecule has 0 heterocycles. The van der Waals surface area contributed by atoms with Crippen molar-refractivity contribution >= 4 is 13.8 Å². The second-order valence-corrected chi connectivity index (χ2v) is 12.5. The van der Waals surface area contributed by atoms with Gasteiger partial charge in [-0.3, -0.25) is 13.8 Å². The molecule has 0 saturated heterocycles. The van der Waals surface area contributed by atoms with Crippen LogP contribution in [0.25, 0.3) is 0 Å². The Kier molecular flexibility index (Phi) is 32.2. The van der Waals surface area contributed by atoms with Crippen LogP contribution < -0.4 is 5.73 Å². The SMILES string of the molecule is CC/C=C\C/C=C\C/C=C\C/C=C\C/C=C\CCOCC(COP(=O)(O)OCCN)OC(=O)CCCCCCCCCCCC. The van der Waals surface area contributed by atoms with Gasteiger partial charge in [0, 0.05) is 13.0 Å². The van der Waals surface area contributed by atoms with E-state index in [1.54, 1.807) is 0 Å². The summed E-state index contributed by atoms with van der Waals surface area (Å²) in [5, 5.41) is 0. The Hall–Kier alpha value is -1.80. The number of nitrogens with two attached hydrogens (primary N) is 1. The highest BCUT2D eigenvalue weighted by Crippen LogP contribution is 2.43. The first-order chi connectivity index (χ1) is 21.9. The lowest BCUT2D eigenvalue weighted by Crippen LogP contribution is -2.28. The van der Waals surface area contributed by atoms with E-state index in [4.69, 9.17) is 24.3 Å². The molecule has 0 saturated carbocycles. The molecule has 0 aromatic carbocycles. The number of hydrogen-bond acceptors (Lipinski definition) is 7. The molecule has 0 bridgehead atoms. The van der Waals surface area contributed by atoms with Crippen LogP contribution in [0, 0.1) is 0 Å². The third kappa shape index (κ3) is 33.4. The quantitative estimate of drug-likeness (QED) is 0.0319. The summed E-state index contributed by atoms with van der Waals surface area (Å²) < 4.78 is 33.0. The maximum Gasteiger partial charge on any atom is 0.472 e. The molecule has 260 valence electrons. The highest BCUT2D eigenvalue weighted by atomic mass is 31.2. The minimum Gasteiger partial charge on any atom is -0.457 e. The van der Waals surface area contributed by atoms with Crippen molar-refractivity contribution in [2.45, 2.75) is 129 Å². The monoisotopic (exact) mass is 653 g/mol. The van der Waals surface area contributed by atoms with Crippen LogP contribution in [-0.4, -0.2) is 49.9 Å². The Morgan fingerprint density at radius 2 is 1.20 bits per heavy atom. The van der Waals surface area contributed by atoms with E-state index < -0.39 is 13.9 Å². The normalized spacial score (nSPS) is 14.5. The third-order valence-electron chi connectivity index (χ3n) is 6.72. The van der Waals surface area contributed by atoms with Crippen molar-refractivity contribution in [3.63, 3.8) is 0 Å². The van der Waals surface area contributed by atoms with E-state index in [0.717, 1.165) is 51.4 Å². The highest BCUT2D eigenvalue weighted by Gasteiger charge is 2.25. The zero-order chi connectivity index (χ0) is 33.1. The van der Waals surface area contributed by atoms with Gasteiger partial charge >= 0.3 is 13.8 Å². The smallest absolute Gasteiger partial charge is 0.457 e. The Labute approximate surface area is 274 Å². The minimum atomic E-state index is -4.28. The molecule has 45 heavy (non-hydrogen) atoms. The average Bonchev–Trinajstić information content (AvgIpc) is 3.02. The number of phosphoric acid groups is 1. The Morgan fingerprint density at radius 3 is 1.73 bits per heavy atom. The molecular weight excluding hydrogens is 589 g/mol. The molecule has 2 atom stereocenters. The van der Waals surface area contributed by atoms with Crippen molar-refractivity contribution in [1.29, 1.82) is 0 Å². The average molecular weight is 654 g/mol. The number of unbranched alkanes of at least 4 members (excludes halogenated alkanes) is 9. The molecular formula is C36H64NO7P. The van der Waals surface area contributed by atoms with Gasteiger partial charge in [0.2, 0.25) is 0 Å². The molecule has 0 aliphatic heterocycles. The van der Waals surface area contributed by atoms with E-state index in [0.29, 0.717) is 19.4 Å². The van der Waals surface area contributed by atoms with Gasteiger partial charge in [0.05, 0.1) is 26.4 Å². The molecule has 0 rings (SSSR count). The Balaban J connectivity index is 4.27. The zero-order valence-electron chi connectivity index (χ0n) is 28.3. The number of phosphoric ester groups is 1. The van der Waals surface area contributed by atoms with Gasteiger partial charge in [-0.1, -0.05) is 132 Å². The number of esters is 1. The Bertz CT molecular complexity index is 869. The van der Waals surface area contributed by atoms with Crippen molar-refractivity contribution in [2.75, 3.05) is 33.0 Å². The number of carbonyl (C=O) groups is 1. The first kappa shape index (κ1) is 43.2. The summed E-state index contributed by atoms with van der Waals surface area (Å²) in [6.07, 6.45) is 38.3. The van der Waals surface area contributed by atoms with Gasteiger partial charge in [-0.05, 0) is 44.9 Å². The van der Waals surface area contributed by atoms with Gasteiger partial charge in [-0.2, -0.15) is 0 Å². The van der Waals surface area contributed by atoms with Crippen LogP contribution in [-0.2, 0) is 27.9 Å². The van der Waals surface area contributed by atoms with Crippen molar-refractivity contribution < 1.29 is 32.8 Å². The van der Waals surface area contributed by atoms with Crippen molar-refractivity contribution in [3.8, 4) is 0 Å². The molecule has 0 aromatic heterocycles. The molecule has 0 radical (unpaired) electrons. The van der Waals surface area contributed by atoms with Gasteiger partial charge < -0.3 is 20.1 Å². The van der Waals surface area contributed by atoms with Crippen LogP contribution in [0.1, 0.15) is 123 Å². The molecule has 0 aromatic rings. The summed E-state index contributed by atoms with van der Waals surface area (Å²) in [5.41, 5.74) is 5.33. The summed E-state index contributed by atoms with van der Waals surface area (Å²) in [5.74, 6) is -0.361. The van der Waals surface area contributed by atoms with Gasteiger partial charge in [0.25, 0.3) is 0 Å². The summed E-state index contributed by atoms with van der Waals surface area (Å²) >= 11 is 0. The maximum atomic E-state index is 12.4. The first-order valence-corrected chi connectivity index (χ1v) is 18.8. The summed E-state index contributed by atoms with van der Waals surface area (Å²) in [6, 6.07) is 0. The van der Waals surface area contributed by atoms with E-state index in [1.807, 2.05) is 6.08 Å². The van der Waals surface area contributed by atoms with Crippen LogP contribution in [0.15, 0.2) is 60.8 Å². The number of hydrogen-bond donors (Lipinski definition) is 2. The fraction of sp³-hybridized carbons (Fsp3) is 0.694. The second kappa shape index (κ2) is 33.6. The third-order valence-corrected chi connectivity index (χ3v) is 7.70. The van der Waals surface area contributed by atoms with Gasteiger partial charge in [0.15, 0.2) is 0 Å². The minimum absolute atomic E-state index is 0.0609. The predicted molar refractivity (Wildman–Crippen MR) is 187 cm³/mol. The van der Waals surface area contributed by atoms with E-state index in [1.165, 1.54) is 44.9 Å². The van der Waals surface area contributed by atoms with Crippen LogP contribution in [0.5, 0.6) is 0 Å². The summed E-state index contributed by atoms with van der Waals surface area (Å²) in [7, 11) is -4.28. The molecule has 3 N–H and O–H groups in total. The van der Waals surface area contributed by atoms with Crippen LogP contribution >= 0.6 is 7.82 Å². The number of ether oxygens (including phenoxy) is 2. The topological polar surface area (TPSA) is 117 Å². The van der Waals surface area contributed by atoms with E-state index in [9.17, 15) is 14.3 Å². The fourth-order valence-electron chi connectivity index (χ4n) is 4.24. The van der Waals surface area contributed by atoms with Crippen molar-refractivity contribution in [2.24, 2.45) is 5.73 Å². The van der Waals surface area contributed by atoms with Gasteiger partial charge in [-0.15, -0.1) is 0 Å². The lowest BCUT2D eigenvalue weighted by Gasteiger charge is -2.19. The number of carbonyl (C=O) groups excluding carboxylic acids is 1. The van der Waals surface area contributed by atoms with E-state index in [-0.39, 0.29) is 32.3 Å². The van der Waals surface area contributed by atoms with Crippen LogP contribution in [0.3, 0.4) is 0 Å². The molecule has 0 amide bonds. The fourth-order valence-corrected chi connectivity index (χ4v) is 5.00. The molecule has 0 aliphatic carbocycles. The van der Waals surface area contributed by atoms with Gasteiger partial charge in [-0.25, -0.2) is 4.57 Å². The standard InChI is InChI=1S/C36H64NO7P/c1-3-5-7-9-11-13-15-16-17-18-19-20-22-24-26-28-31-41-33-35(34-43-45(39,40)42-32-30-37)44-36(38)29-27-25-23-21-14-12-10-8-6-4-2/h5,7,11,13,16-17,19-20,24,26,35H,3-4,6,8-10,12,14-15,18,21-23,25,27-34,37H2,1-2H3,(H,39,40)/b7-5-,13-11-,17-16-,20-19-,26-24-. The molecule has 0 spiro atoms. The van der Waals surface area contributed by atoms with Crippen LogP contribution in [0.4, 0.5) is 0 Å². The molecule has 0 aliphatic rings. The zero-order valence-corrected chi connectivity index (χ0v) is 29.2. The summed E-state index contributed by atoms with van der Waals surface area (Å²) in [4.78, 5) is 22.2. The van der Waals surface area contributed by atoms with Gasteiger partial charge in [0.1, 0.15) is 6.10 Å². The highest BCUT2D eigenvalue weighted by molar-refractivity contribution is 7.47. The summed E-state index contributed by atoms with van der Waals surface area (Å²) in [6.45, 7) is 4.53. The number of allylic oxidation sites excluding steroid dienone is 9. The Morgan fingerprint density at radius 1 is 0.689 bits per heavy atom. The first-order valence-electron chi connectivity index (χ1n) is 17.3. The maximum absolute atomic E-state index is 12.4. The second-order valence-electron chi connectivity index (χ2n) is 11.0. The van der Waals surface area contributed by atoms with E-state index in [2.05, 4.69) is 68.5 Å². The lowest BCUT2D eigenvalue weighted by molar-refractivity contribution is -0.154. The van der Waals surface area contributed by atoms with Crippen molar-refractivity contribution in [1.82, 2.24) is 0 Å². The van der Waals surface area contributed by atoms with Crippen LogP contribution in [0.2, 0.25) is 0 Å². The molecule has 0 fully saturated rings.